The Bertz CT molecular complexity index is 1130. The van der Waals surface area contributed by atoms with E-state index in [4.69, 9.17) is 9.52 Å². The summed E-state index contributed by atoms with van der Waals surface area (Å²) in [4.78, 5) is 38.7. The molecule has 0 bridgehead atoms. The van der Waals surface area contributed by atoms with Crippen molar-refractivity contribution in [1.29, 1.82) is 0 Å². The Balaban J connectivity index is 1.87. The molecule has 1 aromatic heterocycles. The smallest absolute Gasteiger partial charge is 0.303 e. The van der Waals surface area contributed by atoms with Crippen LogP contribution in [-0.4, -0.2) is 28.4 Å². The Morgan fingerprint density at radius 3 is 2.54 bits per heavy atom. The number of aryl methyl sites for hydroxylation is 1. The van der Waals surface area contributed by atoms with Gasteiger partial charge in [-0.3, -0.25) is 14.4 Å². The van der Waals surface area contributed by atoms with Crippen LogP contribution in [0.5, 0.6) is 0 Å². The van der Waals surface area contributed by atoms with Gasteiger partial charge in [-0.2, -0.15) is 0 Å². The van der Waals surface area contributed by atoms with E-state index in [-0.39, 0.29) is 30.1 Å². The van der Waals surface area contributed by atoms with E-state index in [0.29, 0.717) is 23.0 Å². The van der Waals surface area contributed by atoms with Crippen LogP contribution >= 0.6 is 0 Å². The SMILES string of the molecule is Cc1ccc([C@@H]2c3c(oc4ccccc4c3=O)C(=O)N2CCCC(=O)O)cc1. The van der Waals surface area contributed by atoms with Crippen LogP contribution < -0.4 is 5.43 Å². The molecule has 0 unspecified atom stereocenters. The van der Waals surface area contributed by atoms with Crippen LogP contribution in [0, 0.1) is 6.92 Å². The molecule has 4 rings (SSSR count). The lowest BCUT2D eigenvalue weighted by atomic mass is 9.97. The molecule has 0 radical (unpaired) electrons. The number of carbonyl (C=O) groups excluding carboxylic acids is 1. The van der Waals surface area contributed by atoms with Gasteiger partial charge in [0.2, 0.25) is 5.76 Å². The number of hydrogen-bond donors (Lipinski definition) is 1. The minimum Gasteiger partial charge on any atom is -0.481 e. The molecule has 0 fully saturated rings. The van der Waals surface area contributed by atoms with E-state index in [1.165, 1.54) is 0 Å². The molecular formula is C22H19NO5. The largest absolute Gasteiger partial charge is 0.481 e. The number of carboxylic acid groups (broad SMARTS) is 1. The molecular weight excluding hydrogens is 358 g/mol. The zero-order valence-electron chi connectivity index (χ0n) is 15.3. The quantitative estimate of drug-likeness (QED) is 0.735. The molecule has 1 atom stereocenters. The molecule has 1 aliphatic rings. The van der Waals surface area contributed by atoms with E-state index >= 15 is 0 Å². The standard InChI is InChI=1S/C22H19NO5/c1-13-8-10-14(11-9-13)19-18-20(26)15-5-2-3-6-16(15)28-21(18)22(27)23(19)12-4-7-17(24)25/h2-3,5-6,8-11,19H,4,7,12H2,1H3,(H,24,25)/t19-/m1/s1. The zero-order valence-corrected chi connectivity index (χ0v) is 15.3. The molecule has 1 amide bonds. The third kappa shape index (κ3) is 2.97. The summed E-state index contributed by atoms with van der Waals surface area (Å²) in [6.07, 6.45) is 0.245. The number of rotatable bonds is 5. The van der Waals surface area contributed by atoms with Crippen LogP contribution in [-0.2, 0) is 4.79 Å². The third-order valence-corrected chi connectivity index (χ3v) is 5.06. The highest BCUT2D eigenvalue weighted by Gasteiger charge is 2.42. The summed E-state index contributed by atoms with van der Waals surface area (Å²) in [5.41, 5.74) is 2.33. The lowest BCUT2D eigenvalue weighted by Crippen LogP contribution is -2.31. The lowest BCUT2D eigenvalue weighted by Gasteiger charge is -2.25. The Morgan fingerprint density at radius 2 is 1.82 bits per heavy atom. The Kier molecular flexibility index (Phi) is 4.47. The first-order valence-electron chi connectivity index (χ1n) is 9.12. The molecule has 6 heteroatoms. The van der Waals surface area contributed by atoms with E-state index < -0.39 is 12.0 Å². The van der Waals surface area contributed by atoms with Crippen LogP contribution in [0.3, 0.4) is 0 Å². The van der Waals surface area contributed by atoms with Gasteiger partial charge in [0.1, 0.15) is 5.58 Å². The predicted molar refractivity (Wildman–Crippen MR) is 103 cm³/mol. The molecule has 2 heterocycles. The van der Waals surface area contributed by atoms with Gasteiger partial charge in [0.25, 0.3) is 5.91 Å². The fraction of sp³-hybridized carbons (Fsp3) is 0.227. The fourth-order valence-electron chi connectivity index (χ4n) is 3.69. The highest BCUT2D eigenvalue weighted by molar-refractivity contribution is 5.99. The van der Waals surface area contributed by atoms with Crippen molar-refractivity contribution in [3.63, 3.8) is 0 Å². The summed E-state index contributed by atoms with van der Waals surface area (Å²) in [5.74, 6) is -1.26. The first-order valence-corrected chi connectivity index (χ1v) is 9.12. The summed E-state index contributed by atoms with van der Waals surface area (Å²) in [7, 11) is 0. The monoisotopic (exact) mass is 377 g/mol. The predicted octanol–water partition coefficient (Wildman–Crippen LogP) is 3.51. The number of carboxylic acids is 1. The highest BCUT2D eigenvalue weighted by atomic mass is 16.4. The molecule has 0 saturated carbocycles. The normalized spacial score (nSPS) is 15.8. The zero-order chi connectivity index (χ0) is 19.8. The fourth-order valence-corrected chi connectivity index (χ4v) is 3.69. The van der Waals surface area contributed by atoms with Crippen molar-refractivity contribution in [3.8, 4) is 0 Å². The van der Waals surface area contributed by atoms with Crippen molar-refractivity contribution in [2.24, 2.45) is 0 Å². The van der Waals surface area contributed by atoms with Crippen molar-refractivity contribution in [3.05, 3.63) is 81.2 Å². The van der Waals surface area contributed by atoms with Gasteiger partial charge in [0, 0.05) is 13.0 Å². The van der Waals surface area contributed by atoms with Crippen LogP contribution in [0.1, 0.15) is 46.1 Å². The molecule has 0 saturated heterocycles. The molecule has 0 aliphatic carbocycles. The van der Waals surface area contributed by atoms with Crippen molar-refractivity contribution in [1.82, 2.24) is 4.90 Å². The minimum atomic E-state index is -0.920. The van der Waals surface area contributed by atoms with Gasteiger partial charge in [-0.25, -0.2) is 0 Å². The number of fused-ring (bicyclic) bond motifs is 2. The van der Waals surface area contributed by atoms with Gasteiger partial charge in [-0.05, 0) is 31.0 Å². The van der Waals surface area contributed by atoms with Crippen molar-refractivity contribution in [2.45, 2.75) is 25.8 Å². The summed E-state index contributed by atoms with van der Waals surface area (Å²) in [5, 5.41) is 9.37. The van der Waals surface area contributed by atoms with E-state index in [2.05, 4.69) is 0 Å². The van der Waals surface area contributed by atoms with Crippen molar-refractivity contribution < 1.29 is 19.1 Å². The van der Waals surface area contributed by atoms with Gasteiger partial charge in [0.15, 0.2) is 5.43 Å². The lowest BCUT2D eigenvalue weighted by molar-refractivity contribution is -0.137. The van der Waals surface area contributed by atoms with E-state index in [1.54, 1.807) is 29.2 Å². The Hall–Kier alpha value is -3.41. The first-order chi connectivity index (χ1) is 13.5. The molecule has 1 aliphatic heterocycles. The first kappa shape index (κ1) is 18.0. The molecule has 1 N–H and O–H groups in total. The van der Waals surface area contributed by atoms with Crippen LogP contribution in [0.15, 0.2) is 57.7 Å². The number of hydrogen-bond acceptors (Lipinski definition) is 4. The summed E-state index contributed by atoms with van der Waals surface area (Å²) >= 11 is 0. The van der Waals surface area contributed by atoms with Crippen molar-refractivity contribution >= 4 is 22.8 Å². The van der Waals surface area contributed by atoms with Gasteiger partial charge in [-0.15, -0.1) is 0 Å². The summed E-state index contributed by atoms with van der Waals surface area (Å²) in [6, 6.07) is 13.9. The topological polar surface area (TPSA) is 87.8 Å². The molecule has 2 aromatic carbocycles. The van der Waals surface area contributed by atoms with Crippen molar-refractivity contribution in [2.75, 3.05) is 6.54 Å². The van der Waals surface area contributed by atoms with Gasteiger partial charge >= 0.3 is 5.97 Å². The number of carbonyl (C=O) groups is 2. The van der Waals surface area contributed by atoms with Crippen LogP contribution in [0.25, 0.3) is 11.0 Å². The second-order valence-electron chi connectivity index (χ2n) is 6.98. The number of benzene rings is 2. The maximum Gasteiger partial charge on any atom is 0.303 e. The third-order valence-electron chi connectivity index (χ3n) is 5.06. The molecule has 0 spiro atoms. The molecule has 28 heavy (non-hydrogen) atoms. The molecule has 142 valence electrons. The number of aliphatic carboxylic acids is 1. The van der Waals surface area contributed by atoms with Crippen LogP contribution in [0.4, 0.5) is 0 Å². The van der Waals surface area contributed by atoms with E-state index in [1.807, 2.05) is 31.2 Å². The number of nitrogens with zero attached hydrogens (tertiary/aromatic N) is 1. The Morgan fingerprint density at radius 1 is 1.11 bits per heavy atom. The molecule has 6 nitrogen and oxygen atoms in total. The number of para-hydroxylation sites is 1. The Labute approximate surface area is 161 Å². The van der Waals surface area contributed by atoms with E-state index in [0.717, 1.165) is 11.1 Å². The van der Waals surface area contributed by atoms with Gasteiger partial charge in [0.05, 0.1) is 17.0 Å². The molecule has 3 aromatic rings. The maximum absolute atomic E-state index is 13.2. The second-order valence-corrected chi connectivity index (χ2v) is 6.98. The minimum absolute atomic E-state index is 0.0459. The van der Waals surface area contributed by atoms with Gasteiger partial charge in [-0.1, -0.05) is 42.0 Å². The van der Waals surface area contributed by atoms with Gasteiger partial charge < -0.3 is 14.4 Å². The second kappa shape index (κ2) is 6.96. The van der Waals surface area contributed by atoms with E-state index in [9.17, 15) is 14.4 Å². The summed E-state index contributed by atoms with van der Waals surface area (Å²) < 4.78 is 5.82. The average molecular weight is 377 g/mol. The highest BCUT2D eigenvalue weighted by Crippen LogP contribution is 2.38. The van der Waals surface area contributed by atoms with Crippen LogP contribution in [0.2, 0.25) is 0 Å². The summed E-state index contributed by atoms with van der Waals surface area (Å²) in [6.45, 7) is 2.19. The average Bonchev–Trinajstić information content (AvgIpc) is 2.95. The number of amides is 1. The maximum atomic E-state index is 13.2.